The van der Waals surface area contributed by atoms with Crippen LogP contribution in [0.4, 0.5) is 0 Å². The number of morpholine rings is 1. The fourth-order valence-corrected chi connectivity index (χ4v) is 2.77. The van der Waals surface area contributed by atoms with E-state index in [1.54, 1.807) is 29.2 Å². The summed E-state index contributed by atoms with van der Waals surface area (Å²) in [4.78, 5) is 28.8. The fraction of sp³-hybridized carbons (Fsp3) is 0.556. The summed E-state index contributed by atoms with van der Waals surface area (Å²) in [6.45, 7) is 7.98. The zero-order chi connectivity index (χ0) is 16.7. The third-order valence-corrected chi connectivity index (χ3v) is 3.93. The fourth-order valence-electron chi connectivity index (χ4n) is 2.77. The molecule has 0 bridgehead atoms. The molecule has 2 rings (SSSR count). The Hall–Kier alpha value is -1.88. The summed E-state index contributed by atoms with van der Waals surface area (Å²) in [7, 11) is 0. The first-order valence-electron chi connectivity index (χ1n) is 8.43. The normalized spacial score (nSPS) is 14.6. The van der Waals surface area contributed by atoms with Crippen molar-refractivity contribution < 1.29 is 14.3 Å². The average Bonchev–Trinajstić information content (AvgIpc) is 2.61. The first-order chi connectivity index (χ1) is 11.2. The van der Waals surface area contributed by atoms with Crippen LogP contribution in [0.2, 0.25) is 0 Å². The van der Waals surface area contributed by atoms with E-state index in [1.807, 2.05) is 4.90 Å². The molecule has 0 saturated carbocycles. The molecular formula is C18H26N2O3. The van der Waals surface area contributed by atoms with Crippen LogP contribution in [0.1, 0.15) is 47.4 Å². The van der Waals surface area contributed by atoms with Crippen LogP contribution < -0.4 is 0 Å². The molecule has 0 N–H and O–H groups in total. The Morgan fingerprint density at radius 1 is 1.09 bits per heavy atom. The first kappa shape index (κ1) is 17.5. The Balaban J connectivity index is 2.14. The van der Waals surface area contributed by atoms with Gasteiger partial charge in [0, 0.05) is 37.3 Å². The maximum Gasteiger partial charge on any atom is 0.254 e. The summed E-state index contributed by atoms with van der Waals surface area (Å²) in [5.41, 5.74) is 1.16. The van der Waals surface area contributed by atoms with Crippen molar-refractivity contribution in [3.63, 3.8) is 0 Å². The van der Waals surface area contributed by atoms with E-state index in [4.69, 9.17) is 4.74 Å². The zero-order valence-electron chi connectivity index (χ0n) is 14.1. The molecule has 5 heteroatoms. The Morgan fingerprint density at radius 2 is 1.70 bits per heavy atom. The van der Waals surface area contributed by atoms with Crippen LogP contribution in [-0.2, 0) is 4.74 Å². The lowest BCUT2D eigenvalue weighted by Gasteiger charge is -2.27. The highest BCUT2D eigenvalue weighted by atomic mass is 16.5. The van der Waals surface area contributed by atoms with Gasteiger partial charge in [-0.05, 0) is 31.0 Å². The molecule has 1 saturated heterocycles. The van der Waals surface area contributed by atoms with Gasteiger partial charge in [-0.15, -0.1) is 0 Å². The molecule has 5 nitrogen and oxygen atoms in total. The SMILES string of the molecule is CCCN(CCC)C(=O)c1cccc(C(=O)N2CCOCC2)c1. The number of hydrogen-bond acceptors (Lipinski definition) is 3. The third-order valence-electron chi connectivity index (χ3n) is 3.93. The topological polar surface area (TPSA) is 49.9 Å². The Labute approximate surface area is 138 Å². The molecule has 0 radical (unpaired) electrons. The second-order valence-corrected chi connectivity index (χ2v) is 5.78. The number of amides is 2. The lowest BCUT2D eigenvalue weighted by Crippen LogP contribution is -2.40. The second-order valence-electron chi connectivity index (χ2n) is 5.78. The Kier molecular flexibility index (Phi) is 6.59. The maximum atomic E-state index is 12.7. The maximum absolute atomic E-state index is 12.7. The lowest BCUT2D eigenvalue weighted by molar-refractivity contribution is 0.0303. The molecule has 1 aromatic rings. The van der Waals surface area contributed by atoms with Crippen molar-refractivity contribution in [2.24, 2.45) is 0 Å². The lowest BCUT2D eigenvalue weighted by atomic mass is 10.1. The van der Waals surface area contributed by atoms with Gasteiger partial charge in [0.2, 0.25) is 0 Å². The van der Waals surface area contributed by atoms with Gasteiger partial charge in [0.1, 0.15) is 0 Å². The molecule has 1 aliphatic rings. The van der Waals surface area contributed by atoms with Crippen LogP contribution in [0.5, 0.6) is 0 Å². The minimum absolute atomic E-state index is 0.00493. The van der Waals surface area contributed by atoms with Crippen molar-refractivity contribution in [3.05, 3.63) is 35.4 Å². The van der Waals surface area contributed by atoms with E-state index in [1.165, 1.54) is 0 Å². The minimum Gasteiger partial charge on any atom is -0.378 e. The van der Waals surface area contributed by atoms with Crippen LogP contribution in [0, 0.1) is 0 Å². The van der Waals surface area contributed by atoms with Crippen LogP contribution in [0.15, 0.2) is 24.3 Å². The Bertz CT molecular complexity index is 533. The van der Waals surface area contributed by atoms with Gasteiger partial charge in [-0.2, -0.15) is 0 Å². The van der Waals surface area contributed by atoms with Gasteiger partial charge < -0.3 is 14.5 Å². The molecule has 0 spiro atoms. The van der Waals surface area contributed by atoms with Crippen molar-refractivity contribution >= 4 is 11.8 Å². The van der Waals surface area contributed by atoms with Crippen molar-refractivity contribution in [1.29, 1.82) is 0 Å². The summed E-state index contributed by atoms with van der Waals surface area (Å²) >= 11 is 0. The van der Waals surface area contributed by atoms with E-state index in [2.05, 4.69) is 13.8 Å². The summed E-state index contributed by atoms with van der Waals surface area (Å²) in [6, 6.07) is 7.07. The van der Waals surface area contributed by atoms with Gasteiger partial charge in [0.15, 0.2) is 0 Å². The molecule has 126 valence electrons. The van der Waals surface area contributed by atoms with Gasteiger partial charge in [-0.25, -0.2) is 0 Å². The molecule has 23 heavy (non-hydrogen) atoms. The van der Waals surface area contributed by atoms with Gasteiger partial charge >= 0.3 is 0 Å². The van der Waals surface area contributed by atoms with E-state index in [-0.39, 0.29) is 11.8 Å². The zero-order valence-corrected chi connectivity index (χ0v) is 14.1. The van der Waals surface area contributed by atoms with Gasteiger partial charge in [0.25, 0.3) is 11.8 Å². The molecule has 1 fully saturated rings. The third kappa shape index (κ3) is 4.55. The van der Waals surface area contributed by atoms with Gasteiger partial charge in [-0.1, -0.05) is 19.9 Å². The van der Waals surface area contributed by atoms with E-state index < -0.39 is 0 Å². The predicted octanol–water partition coefficient (Wildman–Crippen LogP) is 2.42. The summed E-state index contributed by atoms with van der Waals surface area (Å²) < 4.78 is 5.28. The smallest absolute Gasteiger partial charge is 0.254 e. The molecule has 1 aliphatic heterocycles. The number of carbonyl (C=O) groups excluding carboxylic acids is 2. The monoisotopic (exact) mass is 318 g/mol. The highest BCUT2D eigenvalue weighted by Crippen LogP contribution is 2.13. The molecule has 0 unspecified atom stereocenters. The molecule has 0 atom stereocenters. The number of nitrogens with zero attached hydrogens (tertiary/aromatic N) is 2. The Morgan fingerprint density at radius 3 is 2.30 bits per heavy atom. The van der Waals surface area contributed by atoms with Crippen molar-refractivity contribution in [1.82, 2.24) is 9.80 Å². The first-order valence-corrected chi connectivity index (χ1v) is 8.43. The number of benzene rings is 1. The molecule has 0 aromatic heterocycles. The van der Waals surface area contributed by atoms with E-state index in [9.17, 15) is 9.59 Å². The highest BCUT2D eigenvalue weighted by molar-refractivity contribution is 5.99. The van der Waals surface area contributed by atoms with E-state index in [0.717, 1.165) is 25.9 Å². The highest BCUT2D eigenvalue weighted by Gasteiger charge is 2.20. The molecule has 1 aromatic carbocycles. The second kappa shape index (κ2) is 8.67. The standard InChI is InChI=1S/C18H26N2O3/c1-3-8-19(9-4-2)17(21)15-6-5-7-16(14-15)18(22)20-10-12-23-13-11-20/h5-7,14H,3-4,8-13H2,1-2H3. The van der Waals surface area contributed by atoms with Crippen LogP contribution in [-0.4, -0.2) is 61.0 Å². The summed E-state index contributed by atoms with van der Waals surface area (Å²) in [5.74, 6) is -0.0224. The predicted molar refractivity (Wildman–Crippen MR) is 89.7 cm³/mol. The van der Waals surface area contributed by atoms with Gasteiger partial charge in [0.05, 0.1) is 13.2 Å². The number of rotatable bonds is 6. The van der Waals surface area contributed by atoms with Gasteiger partial charge in [-0.3, -0.25) is 9.59 Å². The van der Waals surface area contributed by atoms with Crippen LogP contribution in [0.3, 0.4) is 0 Å². The average molecular weight is 318 g/mol. The number of hydrogen-bond donors (Lipinski definition) is 0. The quantitative estimate of drug-likeness (QED) is 0.809. The van der Waals surface area contributed by atoms with Crippen LogP contribution >= 0.6 is 0 Å². The van der Waals surface area contributed by atoms with Crippen molar-refractivity contribution in [3.8, 4) is 0 Å². The van der Waals surface area contributed by atoms with Crippen molar-refractivity contribution in [2.45, 2.75) is 26.7 Å². The number of ether oxygens (including phenoxy) is 1. The molecule has 2 amide bonds. The molecule has 1 heterocycles. The number of carbonyl (C=O) groups is 2. The van der Waals surface area contributed by atoms with Crippen molar-refractivity contribution in [2.75, 3.05) is 39.4 Å². The summed E-state index contributed by atoms with van der Waals surface area (Å²) in [6.07, 6.45) is 1.86. The largest absolute Gasteiger partial charge is 0.378 e. The summed E-state index contributed by atoms with van der Waals surface area (Å²) in [5, 5.41) is 0. The van der Waals surface area contributed by atoms with E-state index >= 15 is 0 Å². The van der Waals surface area contributed by atoms with Crippen LogP contribution in [0.25, 0.3) is 0 Å². The molecular weight excluding hydrogens is 292 g/mol. The van der Waals surface area contributed by atoms with E-state index in [0.29, 0.717) is 37.4 Å². The minimum atomic E-state index is -0.0273. The molecule has 0 aliphatic carbocycles.